The van der Waals surface area contributed by atoms with E-state index in [1.807, 2.05) is 25.9 Å². The normalized spacial score (nSPS) is 16.4. The van der Waals surface area contributed by atoms with E-state index >= 15 is 0 Å². The summed E-state index contributed by atoms with van der Waals surface area (Å²) in [6.07, 6.45) is 5.21. The highest BCUT2D eigenvalue weighted by Crippen LogP contribution is 2.22. The van der Waals surface area contributed by atoms with Crippen molar-refractivity contribution in [2.24, 2.45) is 7.05 Å². The van der Waals surface area contributed by atoms with E-state index < -0.39 is 12.0 Å². The molecule has 0 aliphatic heterocycles. The number of aliphatic carboxylic acids is 1. The number of hydrogen-bond acceptors (Lipinski definition) is 3. The smallest absolute Gasteiger partial charge is 0.320 e. The van der Waals surface area contributed by atoms with Gasteiger partial charge in [-0.1, -0.05) is 6.92 Å². The third-order valence-electron chi connectivity index (χ3n) is 4.06. The van der Waals surface area contributed by atoms with E-state index in [1.54, 1.807) is 0 Å². The van der Waals surface area contributed by atoms with Gasteiger partial charge in [0.25, 0.3) is 0 Å². The third-order valence-corrected chi connectivity index (χ3v) is 4.06. The molecule has 0 amide bonds. The van der Waals surface area contributed by atoms with Gasteiger partial charge in [-0.05, 0) is 39.2 Å². The van der Waals surface area contributed by atoms with Crippen LogP contribution in [0.1, 0.15) is 43.4 Å². The van der Waals surface area contributed by atoms with Crippen LogP contribution in [0.3, 0.4) is 0 Å². The van der Waals surface area contributed by atoms with Crippen molar-refractivity contribution in [3.8, 4) is 0 Å². The minimum atomic E-state index is -0.760. The molecule has 0 saturated carbocycles. The first-order valence-corrected chi connectivity index (χ1v) is 7.01. The van der Waals surface area contributed by atoms with Gasteiger partial charge >= 0.3 is 5.97 Å². The van der Waals surface area contributed by atoms with Crippen molar-refractivity contribution in [3.63, 3.8) is 0 Å². The number of likely N-dealkylation sites (N-methyl/N-ethyl adjacent to an activating group) is 1. The molecule has 0 aromatic carbocycles. The number of fused-ring (bicyclic) bond motifs is 1. The van der Waals surface area contributed by atoms with Gasteiger partial charge in [0.15, 0.2) is 0 Å². The number of aromatic nitrogens is 2. The van der Waals surface area contributed by atoms with E-state index in [0.29, 0.717) is 13.0 Å². The summed E-state index contributed by atoms with van der Waals surface area (Å²) in [6.45, 7) is 2.49. The predicted octanol–water partition coefficient (Wildman–Crippen LogP) is 1.59. The first-order chi connectivity index (χ1) is 9.04. The third kappa shape index (κ3) is 2.81. The van der Waals surface area contributed by atoms with Crippen LogP contribution in [0.5, 0.6) is 0 Å². The zero-order valence-electron chi connectivity index (χ0n) is 12.0. The predicted molar refractivity (Wildman–Crippen MR) is 73.0 cm³/mol. The van der Waals surface area contributed by atoms with Crippen LogP contribution in [0.4, 0.5) is 0 Å². The molecule has 0 spiro atoms. The maximum atomic E-state index is 11.2. The number of carbonyl (C=O) groups is 1. The molecule has 1 heterocycles. The molecule has 1 atom stereocenters. The van der Waals surface area contributed by atoms with Crippen LogP contribution in [-0.2, 0) is 31.2 Å². The molecule has 2 rings (SSSR count). The molecule has 1 aromatic rings. The number of carboxylic acids is 1. The molecule has 0 radical (unpaired) electrons. The zero-order valence-corrected chi connectivity index (χ0v) is 12.0. The molecular weight excluding hydrogens is 242 g/mol. The summed E-state index contributed by atoms with van der Waals surface area (Å²) in [5, 5.41) is 9.18. The van der Waals surface area contributed by atoms with Crippen LogP contribution in [0.2, 0.25) is 0 Å². The van der Waals surface area contributed by atoms with Crippen molar-refractivity contribution >= 4 is 5.97 Å². The molecule has 1 aliphatic rings. The number of carboxylic acid groups (broad SMARTS) is 1. The van der Waals surface area contributed by atoms with Gasteiger partial charge in [-0.25, -0.2) is 4.98 Å². The van der Waals surface area contributed by atoms with E-state index in [1.165, 1.54) is 24.2 Å². The van der Waals surface area contributed by atoms with Gasteiger partial charge in [0, 0.05) is 12.7 Å². The second-order valence-electron chi connectivity index (χ2n) is 5.36. The lowest BCUT2D eigenvalue weighted by molar-refractivity contribution is -0.143. The fourth-order valence-electron chi connectivity index (χ4n) is 2.89. The molecule has 0 fully saturated rings. The maximum absolute atomic E-state index is 11.2. The summed E-state index contributed by atoms with van der Waals surface area (Å²) in [4.78, 5) is 17.7. The number of hydrogen-bond donors (Lipinski definition) is 1. The quantitative estimate of drug-likeness (QED) is 0.878. The summed E-state index contributed by atoms with van der Waals surface area (Å²) < 4.78 is 2.15. The Morgan fingerprint density at radius 1 is 1.47 bits per heavy atom. The van der Waals surface area contributed by atoms with E-state index in [9.17, 15) is 9.90 Å². The summed E-state index contributed by atoms with van der Waals surface area (Å²) in [5.41, 5.74) is 2.54. The molecule has 0 bridgehead atoms. The number of aryl methyl sites for hydroxylation is 1. The van der Waals surface area contributed by atoms with Crippen molar-refractivity contribution in [3.05, 3.63) is 17.2 Å². The standard InChI is InChI=1S/C14H23N3O2/c1-4-11(14(18)19)16(2)9-13-15-10-7-5-6-8-12(10)17(13)3/h11H,4-9H2,1-3H3,(H,18,19)/t11-/m1/s1. The van der Waals surface area contributed by atoms with Crippen LogP contribution in [0.15, 0.2) is 0 Å². The van der Waals surface area contributed by atoms with Gasteiger partial charge in [-0.15, -0.1) is 0 Å². The summed E-state index contributed by atoms with van der Waals surface area (Å²) >= 11 is 0. The molecule has 1 N–H and O–H groups in total. The summed E-state index contributed by atoms with van der Waals surface area (Å²) in [7, 11) is 3.90. The molecule has 5 nitrogen and oxygen atoms in total. The Hall–Kier alpha value is -1.36. The molecule has 19 heavy (non-hydrogen) atoms. The van der Waals surface area contributed by atoms with Gasteiger partial charge in [0.05, 0.1) is 12.2 Å². The van der Waals surface area contributed by atoms with Crippen molar-refractivity contribution in [2.75, 3.05) is 7.05 Å². The highest BCUT2D eigenvalue weighted by Gasteiger charge is 2.24. The molecule has 0 unspecified atom stereocenters. The minimum Gasteiger partial charge on any atom is -0.480 e. The average Bonchev–Trinajstić information content (AvgIpc) is 2.67. The van der Waals surface area contributed by atoms with E-state index in [4.69, 9.17) is 4.98 Å². The first-order valence-electron chi connectivity index (χ1n) is 7.01. The van der Waals surface area contributed by atoms with E-state index in [2.05, 4.69) is 4.57 Å². The Morgan fingerprint density at radius 2 is 2.16 bits per heavy atom. The van der Waals surface area contributed by atoms with Crippen molar-refractivity contribution in [2.45, 2.75) is 51.6 Å². The van der Waals surface area contributed by atoms with Crippen molar-refractivity contribution in [1.82, 2.24) is 14.5 Å². The maximum Gasteiger partial charge on any atom is 0.320 e. The van der Waals surface area contributed by atoms with Gasteiger partial charge < -0.3 is 9.67 Å². The Kier molecular flexibility index (Phi) is 4.24. The second-order valence-corrected chi connectivity index (χ2v) is 5.36. The van der Waals surface area contributed by atoms with Crippen LogP contribution >= 0.6 is 0 Å². The van der Waals surface area contributed by atoms with E-state index in [-0.39, 0.29) is 0 Å². The van der Waals surface area contributed by atoms with Crippen LogP contribution < -0.4 is 0 Å². The molecule has 1 aliphatic carbocycles. The Morgan fingerprint density at radius 3 is 2.74 bits per heavy atom. The molecule has 5 heteroatoms. The number of imidazole rings is 1. The lowest BCUT2D eigenvalue weighted by atomic mass is 10.0. The lowest BCUT2D eigenvalue weighted by Crippen LogP contribution is -2.38. The Balaban J connectivity index is 2.15. The fraction of sp³-hybridized carbons (Fsp3) is 0.714. The average molecular weight is 265 g/mol. The molecular formula is C14H23N3O2. The van der Waals surface area contributed by atoms with Gasteiger partial charge in [-0.3, -0.25) is 9.69 Å². The van der Waals surface area contributed by atoms with E-state index in [0.717, 1.165) is 18.7 Å². The number of nitrogens with zero attached hydrogens (tertiary/aromatic N) is 3. The number of rotatable bonds is 5. The van der Waals surface area contributed by atoms with Crippen LogP contribution in [0.25, 0.3) is 0 Å². The summed E-state index contributed by atoms with van der Waals surface area (Å²) in [6, 6.07) is -0.436. The Bertz CT molecular complexity index is 468. The van der Waals surface area contributed by atoms with Gasteiger partial charge in [-0.2, -0.15) is 0 Å². The molecule has 0 saturated heterocycles. The van der Waals surface area contributed by atoms with Crippen molar-refractivity contribution in [1.29, 1.82) is 0 Å². The first kappa shape index (κ1) is 14.1. The summed E-state index contributed by atoms with van der Waals surface area (Å²) in [5.74, 6) is 0.220. The lowest BCUT2D eigenvalue weighted by Gasteiger charge is -2.23. The SMILES string of the molecule is CC[C@H](C(=O)O)N(C)Cc1nc2c(n1C)CCCC2. The highest BCUT2D eigenvalue weighted by atomic mass is 16.4. The second kappa shape index (κ2) is 5.74. The van der Waals surface area contributed by atoms with Crippen molar-refractivity contribution < 1.29 is 9.90 Å². The Labute approximate surface area is 114 Å². The minimum absolute atomic E-state index is 0.436. The fourth-order valence-corrected chi connectivity index (χ4v) is 2.89. The van der Waals surface area contributed by atoms with Gasteiger partial charge in [0.1, 0.15) is 11.9 Å². The molecule has 106 valence electrons. The van der Waals surface area contributed by atoms with Crippen LogP contribution in [-0.4, -0.2) is 38.6 Å². The monoisotopic (exact) mass is 265 g/mol. The highest BCUT2D eigenvalue weighted by molar-refractivity contribution is 5.73. The van der Waals surface area contributed by atoms with Crippen LogP contribution in [0, 0.1) is 0 Å². The zero-order chi connectivity index (χ0) is 14.0. The molecule has 1 aromatic heterocycles. The topological polar surface area (TPSA) is 58.4 Å². The largest absolute Gasteiger partial charge is 0.480 e. The van der Waals surface area contributed by atoms with Gasteiger partial charge in [0.2, 0.25) is 0 Å².